The molecule has 0 aliphatic rings. The largest absolute Gasteiger partial charge is 0.462 e. The average Bonchev–Trinajstić information content (AvgIpc) is 2.60. The molecule has 0 amide bonds. The van der Waals surface area contributed by atoms with E-state index in [1.54, 1.807) is 0 Å². The molecule has 134 valence electrons. The van der Waals surface area contributed by atoms with Gasteiger partial charge in [0.1, 0.15) is 0 Å². The van der Waals surface area contributed by atoms with Gasteiger partial charge in [-0.25, -0.2) is 4.79 Å². The quantitative estimate of drug-likeness (QED) is 0.549. The fourth-order valence-corrected chi connectivity index (χ4v) is 3.08. The van der Waals surface area contributed by atoms with Crippen molar-refractivity contribution in [2.45, 2.75) is 39.7 Å². The zero-order chi connectivity index (χ0) is 18.4. The molecule has 0 aliphatic carbocycles. The van der Waals surface area contributed by atoms with Crippen LogP contribution in [0.5, 0.6) is 0 Å². The minimum absolute atomic E-state index is 0.285. The van der Waals surface area contributed by atoms with E-state index >= 15 is 0 Å². The molecule has 2 aromatic carbocycles. The summed E-state index contributed by atoms with van der Waals surface area (Å²) in [6.45, 7) is 7.63. The van der Waals surface area contributed by atoms with Crippen molar-refractivity contribution in [3.8, 4) is 0 Å². The first kappa shape index (κ1) is 19.5. The van der Waals surface area contributed by atoms with E-state index in [0.717, 1.165) is 23.1 Å². The summed E-state index contributed by atoms with van der Waals surface area (Å²) in [6.07, 6.45) is 0.819. The molecular weight excluding hydrogens is 378 g/mol. The second-order valence-corrected chi connectivity index (χ2v) is 7.41. The Morgan fingerprint density at radius 1 is 1.16 bits per heavy atom. The lowest BCUT2D eigenvalue weighted by atomic mass is 10.0. The van der Waals surface area contributed by atoms with Crippen molar-refractivity contribution >= 4 is 27.6 Å². The lowest BCUT2D eigenvalue weighted by Crippen LogP contribution is -2.17. The Labute approximate surface area is 159 Å². The number of carbonyl (C=O) groups excluding carboxylic acids is 1. The molecule has 25 heavy (non-hydrogen) atoms. The van der Waals surface area contributed by atoms with Crippen LogP contribution in [0.4, 0.5) is 5.69 Å². The third kappa shape index (κ3) is 5.33. The van der Waals surface area contributed by atoms with Crippen LogP contribution >= 0.6 is 15.9 Å². The predicted molar refractivity (Wildman–Crippen MR) is 107 cm³/mol. The van der Waals surface area contributed by atoms with Crippen LogP contribution in [0.2, 0.25) is 0 Å². The molecule has 0 unspecified atom stereocenters. The lowest BCUT2D eigenvalue weighted by molar-refractivity contribution is 0.0504. The highest BCUT2D eigenvalue weighted by atomic mass is 79.9. The van der Waals surface area contributed by atoms with Crippen molar-refractivity contribution in [1.29, 1.82) is 0 Å². The average molecular weight is 404 g/mol. The molecule has 0 saturated carbocycles. The summed E-state index contributed by atoms with van der Waals surface area (Å²) in [6, 6.07) is 14.5. The first-order valence-electron chi connectivity index (χ1n) is 8.69. The van der Waals surface area contributed by atoms with Gasteiger partial charge in [0.25, 0.3) is 0 Å². The van der Waals surface area contributed by atoms with Gasteiger partial charge >= 0.3 is 5.97 Å². The molecule has 0 spiro atoms. The Balaban J connectivity index is 2.07. The molecular formula is C21H26BrNO2. The molecule has 0 fully saturated rings. The summed E-state index contributed by atoms with van der Waals surface area (Å²) >= 11 is 3.49. The minimum Gasteiger partial charge on any atom is -0.462 e. The van der Waals surface area contributed by atoms with Gasteiger partial charge in [-0.05, 0) is 57.6 Å². The number of carbonyl (C=O) groups is 1. The number of esters is 1. The Morgan fingerprint density at radius 3 is 2.40 bits per heavy atom. The lowest BCUT2D eigenvalue weighted by Gasteiger charge is -2.20. The van der Waals surface area contributed by atoms with Crippen LogP contribution in [0.25, 0.3) is 0 Å². The number of ether oxygens (including phenoxy) is 1. The van der Waals surface area contributed by atoms with E-state index in [-0.39, 0.29) is 5.97 Å². The molecule has 0 saturated heterocycles. The van der Waals surface area contributed by atoms with Crippen molar-refractivity contribution in [1.82, 2.24) is 0 Å². The van der Waals surface area contributed by atoms with Crippen molar-refractivity contribution in [2.75, 3.05) is 18.6 Å². The van der Waals surface area contributed by atoms with Crippen molar-refractivity contribution < 1.29 is 9.53 Å². The van der Waals surface area contributed by atoms with Crippen LogP contribution in [0.15, 0.2) is 46.9 Å². The highest BCUT2D eigenvalue weighted by Crippen LogP contribution is 2.25. The van der Waals surface area contributed by atoms with Gasteiger partial charge in [0.15, 0.2) is 0 Å². The third-order valence-electron chi connectivity index (χ3n) is 4.12. The number of hydrogen-bond acceptors (Lipinski definition) is 3. The number of nitrogens with zero attached hydrogens (tertiary/aromatic N) is 1. The van der Waals surface area contributed by atoms with Gasteiger partial charge in [-0.3, -0.25) is 0 Å². The maximum absolute atomic E-state index is 12.0. The van der Waals surface area contributed by atoms with Crippen LogP contribution < -0.4 is 4.90 Å². The van der Waals surface area contributed by atoms with E-state index in [1.165, 1.54) is 11.1 Å². The summed E-state index contributed by atoms with van der Waals surface area (Å²) in [4.78, 5) is 14.2. The van der Waals surface area contributed by atoms with Gasteiger partial charge in [0, 0.05) is 23.8 Å². The maximum Gasteiger partial charge on any atom is 0.339 e. The zero-order valence-corrected chi connectivity index (χ0v) is 17.0. The highest BCUT2D eigenvalue weighted by molar-refractivity contribution is 9.10. The van der Waals surface area contributed by atoms with Crippen LogP contribution in [0.3, 0.4) is 0 Å². The SMILES string of the molecule is CCCOC(=O)c1ccc(N(C)Cc2ccc(C(C)C)cc2)cc1Br. The molecule has 0 bridgehead atoms. The van der Waals surface area contributed by atoms with E-state index in [1.807, 2.05) is 32.2 Å². The highest BCUT2D eigenvalue weighted by Gasteiger charge is 2.13. The molecule has 0 heterocycles. The smallest absolute Gasteiger partial charge is 0.339 e. The topological polar surface area (TPSA) is 29.5 Å². The molecule has 0 aliphatic heterocycles. The predicted octanol–water partition coefficient (Wildman–Crippen LogP) is 5.78. The van der Waals surface area contributed by atoms with E-state index in [0.29, 0.717) is 18.1 Å². The molecule has 0 atom stereocenters. The molecule has 0 N–H and O–H groups in total. The first-order valence-corrected chi connectivity index (χ1v) is 9.48. The van der Waals surface area contributed by atoms with E-state index < -0.39 is 0 Å². The summed E-state index contributed by atoms with van der Waals surface area (Å²) in [5.41, 5.74) is 4.22. The second-order valence-electron chi connectivity index (χ2n) is 6.55. The normalized spacial score (nSPS) is 10.8. The first-order chi connectivity index (χ1) is 11.9. The number of rotatable bonds is 7. The summed E-state index contributed by atoms with van der Waals surface area (Å²) in [5, 5.41) is 0. The van der Waals surface area contributed by atoms with Crippen LogP contribution in [0, 0.1) is 0 Å². The van der Waals surface area contributed by atoms with Gasteiger partial charge in [-0.15, -0.1) is 0 Å². The van der Waals surface area contributed by atoms with Gasteiger partial charge in [-0.1, -0.05) is 45.0 Å². The van der Waals surface area contributed by atoms with Gasteiger partial charge in [-0.2, -0.15) is 0 Å². The molecule has 2 aromatic rings. The van der Waals surface area contributed by atoms with Crippen molar-refractivity contribution in [3.05, 3.63) is 63.6 Å². The van der Waals surface area contributed by atoms with E-state index in [9.17, 15) is 4.79 Å². The molecule has 4 heteroatoms. The van der Waals surface area contributed by atoms with Gasteiger partial charge < -0.3 is 9.64 Å². The Hall–Kier alpha value is -1.81. The minimum atomic E-state index is -0.285. The fourth-order valence-electron chi connectivity index (χ4n) is 2.55. The standard InChI is InChI=1S/C21H26BrNO2/c1-5-12-25-21(24)19-11-10-18(13-20(19)22)23(4)14-16-6-8-17(9-7-16)15(2)3/h6-11,13,15H,5,12,14H2,1-4H3. The summed E-state index contributed by atoms with van der Waals surface area (Å²) in [5.74, 6) is 0.259. The zero-order valence-electron chi connectivity index (χ0n) is 15.4. The number of halogens is 1. The van der Waals surface area contributed by atoms with Crippen LogP contribution in [-0.2, 0) is 11.3 Å². The van der Waals surface area contributed by atoms with Crippen molar-refractivity contribution in [2.24, 2.45) is 0 Å². The Kier molecular flexibility index (Phi) is 7.06. The second kappa shape index (κ2) is 9.04. The summed E-state index contributed by atoms with van der Waals surface area (Å²) in [7, 11) is 2.05. The van der Waals surface area contributed by atoms with Crippen molar-refractivity contribution in [3.63, 3.8) is 0 Å². The number of benzene rings is 2. The number of hydrogen-bond donors (Lipinski definition) is 0. The van der Waals surface area contributed by atoms with Crippen LogP contribution in [0.1, 0.15) is 54.6 Å². The monoisotopic (exact) mass is 403 g/mol. The maximum atomic E-state index is 12.0. The van der Waals surface area contributed by atoms with Gasteiger partial charge in [0.2, 0.25) is 0 Å². The fraction of sp³-hybridized carbons (Fsp3) is 0.381. The Bertz CT molecular complexity index is 710. The van der Waals surface area contributed by atoms with Gasteiger partial charge in [0.05, 0.1) is 12.2 Å². The third-order valence-corrected chi connectivity index (χ3v) is 4.77. The molecule has 2 rings (SSSR count). The van der Waals surface area contributed by atoms with E-state index in [4.69, 9.17) is 4.74 Å². The number of anilines is 1. The molecule has 0 radical (unpaired) electrons. The Morgan fingerprint density at radius 2 is 1.84 bits per heavy atom. The van der Waals surface area contributed by atoms with E-state index in [2.05, 4.69) is 58.9 Å². The van der Waals surface area contributed by atoms with Crippen LogP contribution in [-0.4, -0.2) is 19.6 Å². The molecule has 3 nitrogen and oxygen atoms in total. The summed E-state index contributed by atoms with van der Waals surface area (Å²) < 4.78 is 5.96. The molecule has 0 aromatic heterocycles.